The van der Waals surface area contributed by atoms with Crippen LogP contribution in [0.1, 0.15) is 56.2 Å². The van der Waals surface area contributed by atoms with Crippen molar-refractivity contribution < 1.29 is 28.0 Å². The number of sulfone groups is 1. The lowest BCUT2D eigenvalue weighted by atomic mass is 9.91. The fourth-order valence-electron chi connectivity index (χ4n) is 4.89. The van der Waals surface area contributed by atoms with Crippen LogP contribution >= 0.6 is 11.3 Å². The largest absolute Gasteiger partial charge is 0.503 e. The van der Waals surface area contributed by atoms with Gasteiger partial charge >= 0.3 is 0 Å². The van der Waals surface area contributed by atoms with Crippen LogP contribution in [0.3, 0.4) is 0 Å². The van der Waals surface area contributed by atoms with Gasteiger partial charge in [-0.25, -0.2) is 13.4 Å². The molecular weight excluding hydrogens is 578 g/mol. The van der Waals surface area contributed by atoms with E-state index in [1.54, 1.807) is 12.1 Å². The van der Waals surface area contributed by atoms with Crippen molar-refractivity contribution >= 4 is 43.7 Å². The lowest BCUT2D eigenvalue weighted by Crippen LogP contribution is -2.31. The Kier molecular flexibility index (Phi) is 7.93. The number of carbonyl (C=O) groups is 2. The van der Waals surface area contributed by atoms with Crippen LogP contribution in [0.5, 0.6) is 0 Å². The van der Waals surface area contributed by atoms with E-state index < -0.39 is 38.3 Å². The first-order valence-electron chi connectivity index (χ1n) is 13.2. The first-order chi connectivity index (χ1) is 20.0. The van der Waals surface area contributed by atoms with E-state index in [2.05, 4.69) is 4.98 Å². The van der Waals surface area contributed by atoms with Gasteiger partial charge in [0.15, 0.2) is 16.7 Å². The van der Waals surface area contributed by atoms with Crippen LogP contribution in [0, 0.1) is 10.1 Å². The Morgan fingerprint density at radius 1 is 1.14 bits per heavy atom. The van der Waals surface area contributed by atoms with Crippen LogP contribution in [-0.4, -0.2) is 35.1 Å². The van der Waals surface area contributed by atoms with Gasteiger partial charge < -0.3 is 5.11 Å². The van der Waals surface area contributed by atoms with Crippen LogP contribution in [-0.2, 0) is 19.4 Å². The third-order valence-corrected chi connectivity index (χ3v) is 10.4. The number of carbonyl (C=O) groups excluding carboxylic acids is 2. The smallest absolute Gasteiger partial charge is 0.296 e. The minimum Gasteiger partial charge on any atom is -0.503 e. The summed E-state index contributed by atoms with van der Waals surface area (Å²) >= 11 is 0.705. The summed E-state index contributed by atoms with van der Waals surface area (Å²) in [6.07, 6.45) is 8.53. The predicted octanol–water partition coefficient (Wildman–Crippen LogP) is 6.14. The molecule has 0 bridgehead atoms. The summed E-state index contributed by atoms with van der Waals surface area (Å²) in [7, 11) is -4.13. The Morgan fingerprint density at radius 3 is 2.43 bits per heavy atom. The number of allylic oxidation sites excluding steroid dienone is 4. The normalized spacial score (nSPS) is 17.2. The van der Waals surface area contributed by atoms with Gasteiger partial charge in [-0.1, -0.05) is 67.7 Å². The van der Waals surface area contributed by atoms with Crippen molar-refractivity contribution in [2.24, 2.45) is 0 Å². The second-order valence-electron chi connectivity index (χ2n) is 10.2. The number of aliphatic hydroxyl groups is 1. The number of rotatable bonds is 9. The number of hydrogen-bond acceptors (Lipinski definition) is 9. The fourth-order valence-corrected chi connectivity index (χ4v) is 7.44. The number of anilines is 1. The molecule has 1 aromatic heterocycles. The zero-order valence-electron chi connectivity index (χ0n) is 22.8. The molecule has 216 valence electrons. The number of nitro groups is 1. The number of Topliss-reactive ketones (excluding diaryl/α,β-unsaturated/α-hetero) is 1. The van der Waals surface area contributed by atoms with Gasteiger partial charge in [-0.15, -0.1) is 0 Å². The SMILES string of the molecule is CC(C)c1ccc(C2C(C(=O)CC3=CCCC=C3)=C(O)C(=O)N2c2ncc(S(=O)(=O)c3ccc([N+](=O)[O-])cc3)s2)cc1. The number of aliphatic hydroxyl groups excluding tert-OH is 1. The van der Waals surface area contributed by atoms with Crippen molar-refractivity contribution in [3.05, 3.63) is 111 Å². The molecule has 1 unspecified atom stereocenters. The Labute approximate surface area is 246 Å². The second kappa shape index (κ2) is 11.5. The summed E-state index contributed by atoms with van der Waals surface area (Å²) in [6.45, 7) is 4.07. The van der Waals surface area contributed by atoms with Crippen molar-refractivity contribution in [1.29, 1.82) is 0 Å². The fraction of sp³-hybridized carbons (Fsp3) is 0.233. The number of benzene rings is 2. The summed E-state index contributed by atoms with van der Waals surface area (Å²) in [5.41, 5.74) is 2.05. The standard InChI is InChI=1S/C30H27N3O7S2/c1-18(2)20-8-10-21(11-9-20)27-26(24(34)16-19-6-4-3-5-7-19)28(35)29(36)32(27)30-31-17-25(41-30)42(39,40)23-14-12-22(13-15-23)33(37)38/h4,6-15,17-18,27,35H,3,5,16H2,1-2H3. The van der Waals surface area contributed by atoms with E-state index in [4.69, 9.17) is 0 Å². The zero-order valence-corrected chi connectivity index (χ0v) is 24.4. The molecule has 0 saturated heterocycles. The van der Waals surface area contributed by atoms with E-state index in [0.717, 1.165) is 59.3 Å². The number of ketones is 1. The van der Waals surface area contributed by atoms with Gasteiger partial charge in [-0.2, -0.15) is 0 Å². The number of amides is 1. The maximum absolute atomic E-state index is 13.6. The molecule has 2 aromatic carbocycles. The van der Waals surface area contributed by atoms with Gasteiger partial charge in [-0.05, 0) is 47.6 Å². The number of thiazole rings is 1. The molecule has 3 aromatic rings. The van der Waals surface area contributed by atoms with E-state index >= 15 is 0 Å². The van der Waals surface area contributed by atoms with Crippen LogP contribution in [0.2, 0.25) is 0 Å². The minimum absolute atomic E-state index is 0.00473. The first-order valence-corrected chi connectivity index (χ1v) is 15.5. The molecule has 10 nitrogen and oxygen atoms in total. The molecule has 12 heteroatoms. The predicted molar refractivity (Wildman–Crippen MR) is 157 cm³/mol. The van der Waals surface area contributed by atoms with Gasteiger partial charge in [-0.3, -0.25) is 24.6 Å². The van der Waals surface area contributed by atoms with E-state index in [-0.39, 0.29) is 37.8 Å². The average Bonchev–Trinajstić information content (AvgIpc) is 3.57. The molecule has 5 rings (SSSR count). The molecule has 2 heterocycles. The van der Waals surface area contributed by atoms with E-state index in [1.165, 1.54) is 0 Å². The molecule has 0 saturated carbocycles. The second-order valence-corrected chi connectivity index (χ2v) is 13.4. The molecular formula is C30H27N3O7S2. The Morgan fingerprint density at radius 2 is 1.83 bits per heavy atom. The van der Waals surface area contributed by atoms with Crippen LogP contribution in [0.4, 0.5) is 10.8 Å². The monoisotopic (exact) mass is 605 g/mol. The van der Waals surface area contributed by atoms with Crippen LogP contribution in [0.15, 0.2) is 99.0 Å². The van der Waals surface area contributed by atoms with Crippen LogP contribution in [0.25, 0.3) is 0 Å². The number of nitro benzene ring substituents is 1. The van der Waals surface area contributed by atoms with E-state index in [9.17, 15) is 33.2 Å². The van der Waals surface area contributed by atoms with Gasteiger partial charge in [0.1, 0.15) is 4.21 Å². The quantitative estimate of drug-likeness (QED) is 0.226. The maximum Gasteiger partial charge on any atom is 0.296 e. The lowest BCUT2D eigenvalue weighted by Gasteiger charge is -2.25. The number of hydrogen-bond donors (Lipinski definition) is 1. The topological polar surface area (TPSA) is 148 Å². The van der Waals surface area contributed by atoms with Gasteiger partial charge in [0, 0.05) is 18.6 Å². The number of aromatic nitrogens is 1. The van der Waals surface area contributed by atoms with Crippen molar-refractivity contribution in [3.63, 3.8) is 0 Å². The van der Waals surface area contributed by atoms with Crippen molar-refractivity contribution in [3.8, 4) is 0 Å². The van der Waals surface area contributed by atoms with E-state index in [0.29, 0.717) is 16.9 Å². The minimum atomic E-state index is -4.13. The summed E-state index contributed by atoms with van der Waals surface area (Å²) in [6, 6.07) is 10.8. The highest BCUT2D eigenvalue weighted by atomic mass is 32.2. The van der Waals surface area contributed by atoms with Crippen molar-refractivity contribution in [2.75, 3.05) is 4.90 Å². The summed E-state index contributed by atoms with van der Waals surface area (Å²) in [5, 5.41) is 22.0. The molecule has 42 heavy (non-hydrogen) atoms. The number of non-ortho nitro benzene ring substituents is 1. The Hall–Kier alpha value is -4.42. The third-order valence-electron chi connectivity index (χ3n) is 7.16. The highest BCUT2D eigenvalue weighted by Crippen LogP contribution is 2.44. The third kappa shape index (κ3) is 5.42. The highest BCUT2D eigenvalue weighted by molar-refractivity contribution is 7.93. The van der Waals surface area contributed by atoms with Crippen molar-refractivity contribution in [1.82, 2.24) is 4.98 Å². The van der Waals surface area contributed by atoms with Gasteiger partial charge in [0.2, 0.25) is 9.84 Å². The molecule has 1 amide bonds. The molecule has 0 spiro atoms. The molecule has 1 N–H and O–H groups in total. The average molecular weight is 606 g/mol. The van der Waals surface area contributed by atoms with Crippen LogP contribution < -0.4 is 4.90 Å². The summed E-state index contributed by atoms with van der Waals surface area (Å²) in [4.78, 5) is 42.6. The first kappa shape index (κ1) is 29.1. The molecule has 2 aliphatic rings. The summed E-state index contributed by atoms with van der Waals surface area (Å²) < 4.78 is 26.4. The molecule has 1 aliphatic heterocycles. The molecule has 0 radical (unpaired) electrons. The number of nitrogens with zero attached hydrogens (tertiary/aromatic N) is 3. The zero-order chi connectivity index (χ0) is 30.2. The maximum atomic E-state index is 13.6. The van der Waals surface area contributed by atoms with Gasteiger partial charge in [0.25, 0.3) is 11.6 Å². The van der Waals surface area contributed by atoms with Gasteiger partial charge in [0.05, 0.1) is 27.6 Å². The van der Waals surface area contributed by atoms with Crippen molar-refractivity contribution in [2.45, 2.75) is 54.2 Å². The molecule has 1 atom stereocenters. The molecule has 0 fully saturated rings. The van der Waals surface area contributed by atoms with E-state index in [1.807, 2.05) is 44.2 Å². The lowest BCUT2D eigenvalue weighted by molar-refractivity contribution is -0.384. The molecule has 1 aliphatic carbocycles. The Balaban J connectivity index is 1.54. The highest BCUT2D eigenvalue weighted by Gasteiger charge is 2.45. The summed E-state index contributed by atoms with van der Waals surface area (Å²) in [5.74, 6) is -1.75. The Bertz CT molecular complexity index is 1770.